The average molecular weight is 282 g/mol. The fourth-order valence-corrected chi connectivity index (χ4v) is 1.63. The molecule has 0 saturated heterocycles. The third-order valence-electron chi connectivity index (χ3n) is 2.50. The van der Waals surface area contributed by atoms with Crippen LogP contribution >= 0.6 is 15.9 Å². The molecule has 0 aliphatic heterocycles. The van der Waals surface area contributed by atoms with Crippen LogP contribution in [0.5, 0.6) is 0 Å². The molecule has 0 heterocycles. The third kappa shape index (κ3) is 2.34. The maximum atomic E-state index is 12.8. The van der Waals surface area contributed by atoms with Gasteiger partial charge in [0.1, 0.15) is 5.41 Å². The molecule has 1 rings (SSSR count). The van der Waals surface area contributed by atoms with Gasteiger partial charge in [-0.25, -0.2) is 0 Å². The molecule has 15 heavy (non-hydrogen) atoms. The van der Waals surface area contributed by atoms with Gasteiger partial charge in [0.2, 0.25) is 0 Å². The van der Waals surface area contributed by atoms with Crippen molar-refractivity contribution in [3.8, 4) is 0 Å². The smallest absolute Gasteiger partial charge is 0.329 e. The van der Waals surface area contributed by atoms with E-state index in [1.807, 2.05) is 0 Å². The highest BCUT2D eigenvalue weighted by Gasteiger charge is 2.51. The summed E-state index contributed by atoms with van der Waals surface area (Å²) in [4.78, 5) is 0. The van der Waals surface area contributed by atoms with Crippen molar-refractivity contribution in [3.63, 3.8) is 0 Å². The molecule has 0 saturated carbocycles. The molecule has 0 aliphatic rings. The Labute approximate surface area is 94.6 Å². The minimum Gasteiger partial charge on any atom is -0.329 e. The summed E-state index contributed by atoms with van der Waals surface area (Å²) in [7, 11) is 0. The summed E-state index contributed by atoms with van der Waals surface area (Å²) in [6, 6.07) is 6.13. The second-order valence-corrected chi connectivity index (χ2v) is 4.46. The van der Waals surface area contributed by atoms with Crippen molar-refractivity contribution in [1.29, 1.82) is 0 Å². The highest BCUT2D eigenvalue weighted by molar-refractivity contribution is 9.10. The number of hydrogen-bond donors (Lipinski definition) is 1. The number of alkyl halides is 3. The Bertz CT molecular complexity index is 351. The Hall–Kier alpha value is -0.550. The molecular formula is C10H11BrF3N. The summed E-state index contributed by atoms with van der Waals surface area (Å²) in [6.07, 6.45) is -4.34. The maximum absolute atomic E-state index is 12.8. The van der Waals surface area contributed by atoms with Gasteiger partial charge in [-0.1, -0.05) is 28.1 Å². The van der Waals surface area contributed by atoms with E-state index in [-0.39, 0.29) is 5.56 Å². The fraction of sp³-hybridized carbons (Fsp3) is 0.400. The Morgan fingerprint density at radius 2 is 1.93 bits per heavy atom. The predicted molar refractivity (Wildman–Crippen MR) is 56.6 cm³/mol. The lowest BCUT2D eigenvalue weighted by molar-refractivity contribution is -0.182. The first-order chi connectivity index (χ1) is 6.81. The first-order valence-corrected chi connectivity index (χ1v) is 5.13. The van der Waals surface area contributed by atoms with E-state index < -0.39 is 18.1 Å². The van der Waals surface area contributed by atoms with E-state index in [9.17, 15) is 13.2 Å². The van der Waals surface area contributed by atoms with Crippen molar-refractivity contribution < 1.29 is 13.2 Å². The molecule has 0 aliphatic carbocycles. The van der Waals surface area contributed by atoms with Crippen LogP contribution in [-0.4, -0.2) is 12.7 Å². The number of benzene rings is 1. The average Bonchev–Trinajstić information content (AvgIpc) is 2.14. The fourth-order valence-electron chi connectivity index (χ4n) is 1.23. The molecular weight excluding hydrogens is 271 g/mol. The lowest BCUT2D eigenvalue weighted by atomic mass is 9.82. The molecule has 0 spiro atoms. The Morgan fingerprint density at radius 3 is 2.33 bits per heavy atom. The van der Waals surface area contributed by atoms with E-state index in [0.717, 1.165) is 6.92 Å². The van der Waals surface area contributed by atoms with Crippen LogP contribution in [0.1, 0.15) is 12.5 Å². The SMILES string of the molecule is CC(CN)(c1cccc(Br)c1)C(F)(F)F. The molecule has 1 unspecified atom stereocenters. The Kier molecular flexibility index (Phi) is 3.45. The predicted octanol–water partition coefficient (Wildman–Crippen LogP) is 3.23. The number of nitrogens with two attached hydrogens (primary N) is 1. The summed E-state index contributed by atoms with van der Waals surface area (Å²) in [5.41, 5.74) is 3.42. The molecule has 0 amide bonds. The van der Waals surface area contributed by atoms with Gasteiger partial charge in [0.05, 0.1) is 0 Å². The van der Waals surface area contributed by atoms with Gasteiger partial charge in [0.15, 0.2) is 0 Å². The van der Waals surface area contributed by atoms with Gasteiger partial charge >= 0.3 is 6.18 Å². The maximum Gasteiger partial charge on any atom is 0.399 e. The highest BCUT2D eigenvalue weighted by Crippen LogP contribution is 2.40. The van der Waals surface area contributed by atoms with Crippen LogP contribution in [0.25, 0.3) is 0 Å². The Morgan fingerprint density at radius 1 is 1.33 bits per heavy atom. The second kappa shape index (κ2) is 4.14. The van der Waals surface area contributed by atoms with E-state index in [1.165, 1.54) is 12.1 Å². The molecule has 1 nitrogen and oxygen atoms in total. The van der Waals surface area contributed by atoms with Crippen LogP contribution < -0.4 is 5.73 Å². The zero-order valence-electron chi connectivity index (χ0n) is 8.11. The zero-order valence-corrected chi connectivity index (χ0v) is 9.69. The molecule has 0 bridgehead atoms. The lowest BCUT2D eigenvalue weighted by Gasteiger charge is -2.31. The minimum atomic E-state index is -4.34. The van der Waals surface area contributed by atoms with Crippen LogP contribution in [0.15, 0.2) is 28.7 Å². The third-order valence-corrected chi connectivity index (χ3v) is 2.99. The Balaban J connectivity index is 3.23. The number of halogens is 4. The zero-order chi connectivity index (χ0) is 11.7. The van der Waals surface area contributed by atoms with Crippen LogP contribution in [0.3, 0.4) is 0 Å². The summed E-state index contributed by atoms with van der Waals surface area (Å²) in [5, 5.41) is 0. The van der Waals surface area contributed by atoms with Gasteiger partial charge in [-0.3, -0.25) is 0 Å². The molecule has 2 N–H and O–H groups in total. The van der Waals surface area contributed by atoms with Gasteiger partial charge in [-0.05, 0) is 24.6 Å². The van der Waals surface area contributed by atoms with Crippen molar-refractivity contribution in [2.45, 2.75) is 18.5 Å². The quantitative estimate of drug-likeness (QED) is 0.885. The van der Waals surface area contributed by atoms with Gasteiger partial charge in [-0.15, -0.1) is 0 Å². The topological polar surface area (TPSA) is 26.0 Å². The lowest BCUT2D eigenvalue weighted by Crippen LogP contribution is -2.45. The van der Waals surface area contributed by atoms with Crippen molar-refractivity contribution in [1.82, 2.24) is 0 Å². The van der Waals surface area contributed by atoms with E-state index in [4.69, 9.17) is 5.73 Å². The molecule has 0 fully saturated rings. The molecule has 84 valence electrons. The number of rotatable bonds is 2. The van der Waals surface area contributed by atoms with Gasteiger partial charge < -0.3 is 5.73 Å². The first-order valence-electron chi connectivity index (χ1n) is 4.34. The summed E-state index contributed by atoms with van der Waals surface area (Å²) < 4.78 is 39.1. The normalized spacial score (nSPS) is 16.1. The van der Waals surface area contributed by atoms with E-state index >= 15 is 0 Å². The van der Waals surface area contributed by atoms with Gasteiger partial charge in [0, 0.05) is 11.0 Å². The van der Waals surface area contributed by atoms with Gasteiger partial charge in [-0.2, -0.15) is 13.2 Å². The highest BCUT2D eigenvalue weighted by atomic mass is 79.9. The molecule has 1 aromatic rings. The number of hydrogen-bond acceptors (Lipinski definition) is 1. The van der Waals surface area contributed by atoms with Gasteiger partial charge in [0.25, 0.3) is 0 Å². The van der Waals surface area contributed by atoms with Crippen molar-refractivity contribution in [2.24, 2.45) is 5.73 Å². The monoisotopic (exact) mass is 281 g/mol. The molecule has 0 radical (unpaired) electrons. The van der Waals surface area contributed by atoms with Crippen molar-refractivity contribution in [2.75, 3.05) is 6.54 Å². The summed E-state index contributed by atoms with van der Waals surface area (Å²) in [5.74, 6) is 0. The molecule has 1 atom stereocenters. The van der Waals surface area contributed by atoms with Crippen LogP contribution in [0.4, 0.5) is 13.2 Å². The second-order valence-electron chi connectivity index (χ2n) is 3.54. The molecule has 1 aromatic carbocycles. The minimum absolute atomic E-state index is 0.173. The van der Waals surface area contributed by atoms with E-state index in [0.29, 0.717) is 4.47 Å². The largest absolute Gasteiger partial charge is 0.399 e. The van der Waals surface area contributed by atoms with Crippen molar-refractivity contribution >= 4 is 15.9 Å². The van der Waals surface area contributed by atoms with Crippen LogP contribution in [0.2, 0.25) is 0 Å². The summed E-state index contributed by atoms with van der Waals surface area (Å²) >= 11 is 3.14. The van der Waals surface area contributed by atoms with E-state index in [1.54, 1.807) is 12.1 Å². The first kappa shape index (κ1) is 12.5. The standard InChI is InChI=1S/C10H11BrF3N/c1-9(6-15,10(12,13)14)7-3-2-4-8(11)5-7/h2-5H,6,15H2,1H3. The van der Waals surface area contributed by atoms with Crippen molar-refractivity contribution in [3.05, 3.63) is 34.3 Å². The van der Waals surface area contributed by atoms with Crippen LogP contribution in [-0.2, 0) is 5.41 Å². The molecule has 5 heteroatoms. The molecule has 0 aromatic heterocycles. The van der Waals surface area contributed by atoms with Crippen LogP contribution in [0, 0.1) is 0 Å². The summed E-state index contributed by atoms with van der Waals surface area (Å²) in [6.45, 7) is 0.641. The van der Waals surface area contributed by atoms with E-state index in [2.05, 4.69) is 15.9 Å².